The quantitative estimate of drug-likeness (QED) is 0.531. The van der Waals surface area contributed by atoms with Crippen molar-refractivity contribution in [3.63, 3.8) is 0 Å². The lowest BCUT2D eigenvalue weighted by molar-refractivity contribution is 0.102. The lowest BCUT2D eigenvalue weighted by atomic mass is 10.1. The number of nitrogens with one attached hydrogen (secondary N) is 1. The number of benzene rings is 3. The Morgan fingerprint density at radius 3 is 2.55 bits per heavy atom. The number of rotatable bonds is 4. The molecule has 1 heterocycles. The first-order chi connectivity index (χ1) is 14.2. The van der Waals surface area contributed by atoms with Crippen molar-refractivity contribution >= 4 is 28.3 Å². The number of hydrogen-bond donors (Lipinski definition) is 1. The minimum Gasteiger partial charge on any atom is -0.494 e. The van der Waals surface area contributed by atoms with Crippen molar-refractivity contribution in [1.82, 2.24) is 0 Å². The van der Waals surface area contributed by atoms with Gasteiger partial charge in [0.2, 0.25) is 5.55 Å². The van der Waals surface area contributed by atoms with E-state index in [1.54, 1.807) is 36.4 Å². The molecule has 6 heteroatoms. The van der Waals surface area contributed by atoms with Crippen molar-refractivity contribution in [2.75, 3.05) is 12.4 Å². The molecule has 0 atom stereocenters. The van der Waals surface area contributed by atoms with Crippen molar-refractivity contribution in [3.8, 4) is 5.75 Å². The van der Waals surface area contributed by atoms with Crippen LogP contribution in [-0.2, 0) is 0 Å². The summed E-state index contributed by atoms with van der Waals surface area (Å²) in [6, 6.07) is 22.1. The summed E-state index contributed by atoms with van der Waals surface area (Å²) in [5.74, 6) is -0.517. The monoisotopic (exact) mass is 388 g/mol. The lowest BCUT2D eigenvalue weighted by Crippen LogP contribution is -2.22. The molecule has 4 aromatic rings. The van der Waals surface area contributed by atoms with Gasteiger partial charge in [-0.15, -0.1) is 0 Å². The molecule has 1 amide bonds. The number of anilines is 1. The molecule has 0 saturated carbocycles. The van der Waals surface area contributed by atoms with Gasteiger partial charge in [0.05, 0.1) is 12.8 Å². The van der Waals surface area contributed by atoms with Gasteiger partial charge < -0.3 is 14.5 Å². The highest BCUT2D eigenvalue weighted by molar-refractivity contribution is 6.05. The largest absolute Gasteiger partial charge is 0.494 e. The molecule has 0 unspecified atom stereocenters. The zero-order valence-electron chi connectivity index (χ0n) is 15.6. The minimum absolute atomic E-state index is 0.0777. The SMILES string of the molecule is COc1ccccc1N=c1oc2ccccc2cc1C(=O)Nc1ccccc1F. The molecular weight excluding hydrogens is 371 g/mol. The molecule has 4 rings (SSSR count). The number of nitrogens with zero attached hydrogens (tertiary/aromatic N) is 1. The van der Waals surface area contributed by atoms with Crippen molar-refractivity contribution < 1.29 is 18.3 Å². The van der Waals surface area contributed by atoms with Gasteiger partial charge in [0.1, 0.15) is 28.4 Å². The Hall–Kier alpha value is -3.93. The Bertz CT molecular complexity index is 1260. The van der Waals surface area contributed by atoms with Crippen LogP contribution in [0.15, 0.2) is 88.3 Å². The van der Waals surface area contributed by atoms with Crippen LogP contribution in [0.25, 0.3) is 11.0 Å². The molecule has 3 aromatic carbocycles. The first-order valence-electron chi connectivity index (χ1n) is 8.92. The average Bonchev–Trinajstić information content (AvgIpc) is 2.75. The lowest BCUT2D eigenvalue weighted by Gasteiger charge is -2.08. The second kappa shape index (κ2) is 7.98. The molecule has 5 nitrogen and oxygen atoms in total. The third-order valence-electron chi connectivity index (χ3n) is 4.33. The molecule has 0 spiro atoms. The van der Waals surface area contributed by atoms with Gasteiger partial charge in [-0.2, -0.15) is 0 Å². The van der Waals surface area contributed by atoms with Gasteiger partial charge in [-0.25, -0.2) is 9.38 Å². The van der Waals surface area contributed by atoms with Gasteiger partial charge in [0.15, 0.2) is 0 Å². The maximum atomic E-state index is 14.0. The van der Waals surface area contributed by atoms with Crippen LogP contribution < -0.4 is 15.6 Å². The summed E-state index contributed by atoms with van der Waals surface area (Å²) in [5.41, 5.74) is 1.44. The number of amides is 1. The van der Waals surface area contributed by atoms with Crippen LogP contribution in [0.4, 0.5) is 15.8 Å². The normalized spacial score (nSPS) is 11.4. The highest BCUT2D eigenvalue weighted by Gasteiger charge is 2.15. The summed E-state index contributed by atoms with van der Waals surface area (Å²) in [7, 11) is 1.54. The Kier molecular flexibility index (Phi) is 5.07. The summed E-state index contributed by atoms with van der Waals surface area (Å²) in [4.78, 5) is 17.4. The summed E-state index contributed by atoms with van der Waals surface area (Å²) in [6.45, 7) is 0. The summed E-state index contributed by atoms with van der Waals surface area (Å²) in [6.07, 6.45) is 0. The van der Waals surface area contributed by atoms with Crippen LogP contribution in [0.3, 0.4) is 0 Å². The Morgan fingerprint density at radius 1 is 1.00 bits per heavy atom. The first-order valence-corrected chi connectivity index (χ1v) is 8.92. The maximum absolute atomic E-state index is 14.0. The average molecular weight is 388 g/mol. The number of ether oxygens (including phenoxy) is 1. The van der Waals surface area contributed by atoms with Crippen LogP contribution in [-0.4, -0.2) is 13.0 Å². The van der Waals surface area contributed by atoms with Gasteiger partial charge in [-0.3, -0.25) is 4.79 Å². The molecule has 144 valence electrons. The molecule has 0 saturated heterocycles. The van der Waals surface area contributed by atoms with E-state index in [0.29, 0.717) is 17.0 Å². The third kappa shape index (κ3) is 3.87. The van der Waals surface area contributed by atoms with Crippen molar-refractivity contribution in [3.05, 3.63) is 95.8 Å². The minimum atomic E-state index is -0.529. The standard InChI is InChI=1S/C23H17FN2O3/c1-28-21-13-7-5-11-19(21)26-23-16(14-15-8-2-6-12-20(15)29-23)22(27)25-18-10-4-3-9-17(18)24/h2-14H,1H3,(H,25,27). The smallest absolute Gasteiger partial charge is 0.261 e. The summed E-state index contributed by atoms with van der Waals surface area (Å²) in [5, 5.41) is 3.31. The highest BCUT2D eigenvalue weighted by Crippen LogP contribution is 2.26. The van der Waals surface area contributed by atoms with E-state index in [2.05, 4.69) is 10.3 Å². The number of carbonyl (C=O) groups excluding carboxylic acids is 1. The van der Waals surface area contributed by atoms with E-state index in [0.717, 1.165) is 5.39 Å². The van der Waals surface area contributed by atoms with Gasteiger partial charge in [0.25, 0.3) is 5.91 Å². The van der Waals surface area contributed by atoms with Crippen LogP contribution in [0, 0.1) is 5.82 Å². The molecule has 29 heavy (non-hydrogen) atoms. The Balaban J connectivity index is 1.88. The Morgan fingerprint density at radius 2 is 1.72 bits per heavy atom. The number of hydrogen-bond acceptors (Lipinski definition) is 4. The molecule has 1 aromatic heterocycles. The van der Waals surface area contributed by atoms with Crippen molar-refractivity contribution in [2.24, 2.45) is 4.99 Å². The van der Waals surface area contributed by atoms with E-state index in [1.807, 2.05) is 30.3 Å². The van der Waals surface area contributed by atoms with Gasteiger partial charge >= 0.3 is 0 Å². The summed E-state index contributed by atoms with van der Waals surface area (Å²) >= 11 is 0. The second-order valence-corrected chi connectivity index (χ2v) is 6.22. The van der Waals surface area contributed by atoms with E-state index in [1.165, 1.54) is 19.2 Å². The second-order valence-electron chi connectivity index (χ2n) is 6.22. The maximum Gasteiger partial charge on any atom is 0.261 e. The number of methoxy groups -OCH3 is 1. The first kappa shape index (κ1) is 18.4. The molecular formula is C23H17FN2O3. The Labute approximate surface area is 166 Å². The molecule has 1 N–H and O–H groups in total. The molecule has 0 aliphatic carbocycles. The van der Waals surface area contributed by atoms with Crippen LogP contribution in [0.2, 0.25) is 0 Å². The summed E-state index contributed by atoms with van der Waals surface area (Å²) < 4.78 is 25.2. The predicted octanol–water partition coefficient (Wildman–Crippen LogP) is 5.07. The van der Waals surface area contributed by atoms with Gasteiger partial charge in [-0.05, 0) is 36.4 Å². The molecule has 0 fully saturated rings. The number of fused-ring (bicyclic) bond motifs is 1. The van der Waals surface area contributed by atoms with Gasteiger partial charge in [-0.1, -0.05) is 42.5 Å². The van der Waals surface area contributed by atoms with E-state index >= 15 is 0 Å². The molecule has 0 aliphatic heterocycles. The topological polar surface area (TPSA) is 63.8 Å². The van der Waals surface area contributed by atoms with E-state index < -0.39 is 11.7 Å². The van der Waals surface area contributed by atoms with Crippen molar-refractivity contribution in [1.29, 1.82) is 0 Å². The van der Waals surface area contributed by atoms with E-state index in [9.17, 15) is 9.18 Å². The fraction of sp³-hybridized carbons (Fsp3) is 0.0435. The van der Waals surface area contributed by atoms with Crippen molar-refractivity contribution in [2.45, 2.75) is 0 Å². The predicted molar refractivity (Wildman–Crippen MR) is 109 cm³/mol. The number of halogens is 1. The zero-order chi connectivity index (χ0) is 20.2. The highest BCUT2D eigenvalue weighted by atomic mass is 19.1. The van der Waals surface area contributed by atoms with Crippen LogP contribution in [0.1, 0.15) is 10.4 Å². The van der Waals surface area contributed by atoms with Gasteiger partial charge in [0, 0.05) is 5.39 Å². The third-order valence-corrected chi connectivity index (χ3v) is 4.33. The van der Waals surface area contributed by atoms with E-state index in [4.69, 9.17) is 9.15 Å². The van der Waals surface area contributed by atoms with Crippen LogP contribution >= 0.6 is 0 Å². The molecule has 0 radical (unpaired) electrons. The zero-order valence-corrected chi connectivity index (χ0v) is 15.6. The molecule has 0 bridgehead atoms. The van der Waals surface area contributed by atoms with E-state index in [-0.39, 0.29) is 16.8 Å². The fourth-order valence-corrected chi connectivity index (χ4v) is 2.90. The number of para-hydroxylation sites is 4. The van der Waals surface area contributed by atoms with Crippen LogP contribution in [0.5, 0.6) is 5.75 Å². The number of carbonyl (C=O) groups is 1. The molecule has 0 aliphatic rings. The fourth-order valence-electron chi connectivity index (χ4n) is 2.90.